The molecule has 2 amide bonds. The minimum atomic E-state index is -0.300. The second-order valence-electron chi connectivity index (χ2n) is 6.63. The van der Waals surface area contributed by atoms with Crippen LogP contribution in [0.15, 0.2) is 30.3 Å². The van der Waals surface area contributed by atoms with Crippen molar-refractivity contribution in [2.75, 3.05) is 6.54 Å². The molecule has 0 saturated carbocycles. The standard InChI is InChI=1S/C19H23FN4O2/c1-3-13(2)21-18(25)16-11-17-19(26)23(9-4-10-24(17)22-16)12-14-5-7-15(20)8-6-14/h5-8,11,13H,3-4,9-10,12H2,1-2H3,(H,21,25)/t13-/m0/s1. The van der Waals surface area contributed by atoms with Gasteiger partial charge in [-0.3, -0.25) is 14.3 Å². The van der Waals surface area contributed by atoms with Crippen LogP contribution in [0.25, 0.3) is 0 Å². The number of amides is 2. The smallest absolute Gasteiger partial charge is 0.272 e. The van der Waals surface area contributed by atoms with Gasteiger partial charge in [-0.2, -0.15) is 5.10 Å². The molecule has 138 valence electrons. The molecule has 2 heterocycles. The molecule has 26 heavy (non-hydrogen) atoms. The Morgan fingerprint density at radius 3 is 2.73 bits per heavy atom. The maximum atomic E-state index is 13.1. The van der Waals surface area contributed by atoms with E-state index in [9.17, 15) is 14.0 Å². The van der Waals surface area contributed by atoms with E-state index in [4.69, 9.17) is 0 Å². The van der Waals surface area contributed by atoms with Gasteiger partial charge in [0, 0.05) is 31.7 Å². The summed E-state index contributed by atoms with van der Waals surface area (Å²) in [5.74, 6) is -0.731. The van der Waals surface area contributed by atoms with Crippen molar-refractivity contribution >= 4 is 11.8 Å². The van der Waals surface area contributed by atoms with Crippen LogP contribution in [0.4, 0.5) is 4.39 Å². The van der Waals surface area contributed by atoms with Crippen LogP contribution in [-0.4, -0.2) is 39.1 Å². The van der Waals surface area contributed by atoms with Gasteiger partial charge in [0.15, 0.2) is 5.69 Å². The highest BCUT2D eigenvalue weighted by atomic mass is 19.1. The second-order valence-corrected chi connectivity index (χ2v) is 6.63. The van der Waals surface area contributed by atoms with Crippen LogP contribution in [0.3, 0.4) is 0 Å². The van der Waals surface area contributed by atoms with Crippen LogP contribution in [0.1, 0.15) is 53.2 Å². The first-order valence-electron chi connectivity index (χ1n) is 8.90. The molecule has 0 unspecified atom stereocenters. The second kappa shape index (κ2) is 7.68. The number of benzene rings is 1. The third kappa shape index (κ3) is 3.92. The molecule has 0 bridgehead atoms. The highest BCUT2D eigenvalue weighted by Gasteiger charge is 2.26. The summed E-state index contributed by atoms with van der Waals surface area (Å²) in [5.41, 5.74) is 1.54. The summed E-state index contributed by atoms with van der Waals surface area (Å²) in [6.45, 7) is 5.49. The fourth-order valence-electron chi connectivity index (χ4n) is 2.91. The molecule has 0 saturated heterocycles. The lowest BCUT2D eigenvalue weighted by Gasteiger charge is -2.20. The number of carbonyl (C=O) groups excluding carboxylic acids is 2. The number of nitrogens with zero attached hydrogens (tertiary/aromatic N) is 3. The highest BCUT2D eigenvalue weighted by Crippen LogP contribution is 2.17. The van der Waals surface area contributed by atoms with E-state index in [1.165, 1.54) is 12.1 Å². The van der Waals surface area contributed by atoms with Gasteiger partial charge >= 0.3 is 0 Å². The minimum Gasteiger partial charge on any atom is -0.348 e. The van der Waals surface area contributed by atoms with Crippen molar-refractivity contribution < 1.29 is 14.0 Å². The van der Waals surface area contributed by atoms with Crippen molar-refractivity contribution in [2.45, 2.75) is 45.8 Å². The molecule has 0 aliphatic carbocycles. The summed E-state index contributed by atoms with van der Waals surface area (Å²) in [4.78, 5) is 26.9. The summed E-state index contributed by atoms with van der Waals surface area (Å²) < 4.78 is 14.7. The summed E-state index contributed by atoms with van der Waals surface area (Å²) in [5, 5.41) is 7.18. The van der Waals surface area contributed by atoms with E-state index in [0.717, 1.165) is 18.4 Å². The fraction of sp³-hybridized carbons (Fsp3) is 0.421. The van der Waals surface area contributed by atoms with E-state index in [0.29, 0.717) is 25.3 Å². The van der Waals surface area contributed by atoms with Crippen molar-refractivity contribution in [1.29, 1.82) is 0 Å². The number of fused-ring (bicyclic) bond motifs is 1. The molecule has 1 aliphatic rings. The number of carbonyl (C=O) groups is 2. The summed E-state index contributed by atoms with van der Waals surface area (Å²) in [7, 11) is 0. The number of hydrogen-bond acceptors (Lipinski definition) is 3. The monoisotopic (exact) mass is 358 g/mol. The first-order chi connectivity index (χ1) is 12.5. The van der Waals surface area contributed by atoms with Crippen LogP contribution in [0.2, 0.25) is 0 Å². The maximum Gasteiger partial charge on any atom is 0.272 e. The first-order valence-corrected chi connectivity index (χ1v) is 8.90. The zero-order valence-corrected chi connectivity index (χ0v) is 15.0. The average Bonchev–Trinajstić information content (AvgIpc) is 3.00. The molecular formula is C19H23FN4O2. The van der Waals surface area contributed by atoms with Crippen molar-refractivity contribution in [1.82, 2.24) is 20.0 Å². The third-order valence-corrected chi connectivity index (χ3v) is 4.59. The zero-order valence-electron chi connectivity index (χ0n) is 15.0. The van der Waals surface area contributed by atoms with Gasteiger partial charge < -0.3 is 10.2 Å². The predicted octanol–water partition coefficient (Wildman–Crippen LogP) is 2.60. The van der Waals surface area contributed by atoms with E-state index >= 15 is 0 Å². The molecule has 1 aromatic heterocycles. The predicted molar refractivity (Wildman–Crippen MR) is 95.2 cm³/mol. The third-order valence-electron chi connectivity index (χ3n) is 4.59. The molecule has 2 aromatic rings. The molecule has 1 atom stereocenters. The lowest BCUT2D eigenvalue weighted by Crippen LogP contribution is -2.32. The number of hydrogen-bond donors (Lipinski definition) is 1. The highest BCUT2D eigenvalue weighted by molar-refractivity contribution is 5.98. The molecule has 1 N–H and O–H groups in total. The Morgan fingerprint density at radius 2 is 2.04 bits per heavy atom. The minimum absolute atomic E-state index is 0.0506. The van der Waals surface area contributed by atoms with E-state index in [2.05, 4.69) is 10.4 Å². The molecule has 0 spiro atoms. The fourth-order valence-corrected chi connectivity index (χ4v) is 2.91. The Hall–Kier alpha value is -2.70. The van der Waals surface area contributed by atoms with Gasteiger partial charge in [-0.1, -0.05) is 19.1 Å². The SMILES string of the molecule is CC[C@H](C)NC(=O)c1cc2n(n1)CCCN(Cc1ccc(F)cc1)C2=O. The van der Waals surface area contributed by atoms with Gasteiger partial charge in [0.1, 0.15) is 11.5 Å². The molecule has 0 fully saturated rings. The lowest BCUT2D eigenvalue weighted by molar-refractivity contribution is 0.0745. The van der Waals surface area contributed by atoms with Gasteiger partial charge in [0.05, 0.1) is 0 Å². The van der Waals surface area contributed by atoms with Crippen LogP contribution in [0, 0.1) is 5.82 Å². The Kier molecular flexibility index (Phi) is 5.35. The number of rotatable bonds is 5. The maximum absolute atomic E-state index is 13.1. The van der Waals surface area contributed by atoms with Gasteiger partial charge in [-0.25, -0.2) is 4.39 Å². The number of nitrogens with one attached hydrogen (secondary N) is 1. The van der Waals surface area contributed by atoms with E-state index < -0.39 is 0 Å². The quantitative estimate of drug-likeness (QED) is 0.893. The van der Waals surface area contributed by atoms with Crippen molar-refractivity contribution in [3.63, 3.8) is 0 Å². The molecule has 6 nitrogen and oxygen atoms in total. The van der Waals surface area contributed by atoms with Gasteiger partial charge in [-0.05, 0) is 37.5 Å². The summed E-state index contributed by atoms with van der Waals surface area (Å²) in [6, 6.07) is 7.74. The largest absolute Gasteiger partial charge is 0.348 e. The average molecular weight is 358 g/mol. The van der Waals surface area contributed by atoms with Crippen LogP contribution in [0.5, 0.6) is 0 Å². The van der Waals surface area contributed by atoms with Crippen LogP contribution < -0.4 is 5.32 Å². The number of aryl methyl sites for hydroxylation is 1. The molecule has 1 aromatic carbocycles. The topological polar surface area (TPSA) is 67.2 Å². The Morgan fingerprint density at radius 1 is 1.31 bits per heavy atom. The normalized spacial score (nSPS) is 15.3. The Balaban J connectivity index is 1.78. The zero-order chi connectivity index (χ0) is 18.7. The number of halogens is 1. The van der Waals surface area contributed by atoms with Gasteiger partial charge in [0.2, 0.25) is 0 Å². The molecule has 7 heteroatoms. The molecule has 0 radical (unpaired) electrons. The summed E-state index contributed by atoms with van der Waals surface area (Å²) in [6.07, 6.45) is 1.57. The van der Waals surface area contributed by atoms with Gasteiger partial charge in [-0.15, -0.1) is 0 Å². The van der Waals surface area contributed by atoms with Gasteiger partial charge in [0.25, 0.3) is 11.8 Å². The van der Waals surface area contributed by atoms with E-state index in [1.54, 1.807) is 27.8 Å². The van der Waals surface area contributed by atoms with Crippen molar-refractivity contribution in [3.05, 3.63) is 53.1 Å². The van der Waals surface area contributed by atoms with Crippen molar-refractivity contribution in [3.8, 4) is 0 Å². The Labute approximate surface area is 152 Å². The molecule has 1 aliphatic heterocycles. The molecule has 3 rings (SSSR count). The summed E-state index contributed by atoms with van der Waals surface area (Å²) >= 11 is 0. The van der Waals surface area contributed by atoms with E-state index in [-0.39, 0.29) is 29.4 Å². The first kappa shape index (κ1) is 18.1. The van der Waals surface area contributed by atoms with Crippen LogP contribution in [-0.2, 0) is 13.1 Å². The van der Waals surface area contributed by atoms with Crippen molar-refractivity contribution in [2.24, 2.45) is 0 Å². The molecular weight excluding hydrogens is 335 g/mol. The number of aromatic nitrogens is 2. The van der Waals surface area contributed by atoms with E-state index in [1.807, 2.05) is 13.8 Å². The van der Waals surface area contributed by atoms with Crippen LogP contribution >= 0.6 is 0 Å². The lowest BCUT2D eigenvalue weighted by atomic mass is 10.2. The Bertz CT molecular complexity index is 800.